The Morgan fingerprint density at radius 2 is 0.955 bits per heavy atom. The molecular formula is C21H39Br. The van der Waals surface area contributed by atoms with Crippen LogP contribution in [0.2, 0.25) is 0 Å². The molecule has 0 spiro atoms. The van der Waals surface area contributed by atoms with E-state index < -0.39 is 0 Å². The predicted molar refractivity (Wildman–Crippen MR) is 107 cm³/mol. The minimum absolute atomic E-state index is 1.18. The van der Waals surface area contributed by atoms with Gasteiger partial charge in [-0.05, 0) is 25.7 Å². The molecule has 0 aliphatic rings. The highest BCUT2D eigenvalue weighted by Crippen LogP contribution is 2.12. The van der Waals surface area contributed by atoms with Gasteiger partial charge in [0.05, 0.1) is 0 Å². The number of halogens is 1. The third kappa shape index (κ3) is 20.0. The number of rotatable bonds is 17. The third-order valence-corrected chi connectivity index (χ3v) is 4.67. The van der Waals surface area contributed by atoms with Gasteiger partial charge >= 0.3 is 0 Å². The van der Waals surface area contributed by atoms with Gasteiger partial charge in [0.2, 0.25) is 0 Å². The van der Waals surface area contributed by atoms with E-state index in [1.54, 1.807) is 0 Å². The average Bonchev–Trinajstić information content (AvgIpc) is 2.54. The maximum atomic E-state index is 3.49. The first kappa shape index (κ1) is 22.0. The summed E-state index contributed by atoms with van der Waals surface area (Å²) in [7, 11) is 0. The highest BCUT2D eigenvalue weighted by Gasteiger charge is 1.92. The van der Waals surface area contributed by atoms with Crippen molar-refractivity contribution < 1.29 is 0 Å². The summed E-state index contributed by atoms with van der Waals surface area (Å²) in [5, 5.41) is 1.18. The SMILES string of the molecule is CCCC/C=C\C=C\CCCCCCCCCCCCCBr. The van der Waals surface area contributed by atoms with Gasteiger partial charge in [-0.1, -0.05) is 118 Å². The molecule has 0 aromatic carbocycles. The Balaban J connectivity index is 3.08. The van der Waals surface area contributed by atoms with E-state index in [2.05, 4.69) is 47.2 Å². The van der Waals surface area contributed by atoms with E-state index >= 15 is 0 Å². The van der Waals surface area contributed by atoms with E-state index in [1.807, 2.05) is 0 Å². The summed E-state index contributed by atoms with van der Waals surface area (Å²) in [5.41, 5.74) is 0. The maximum Gasteiger partial charge on any atom is 0.00313 e. The van der Waals surface area contributed by atoms with Crippen LogP contribution in [0.25, 0.3) is 0 Å². The minimum Gasteiger partial charge on any atom is -0.0928 e. The van der Waals surface area contributed by atoms with Crippen LogP contribution in [0.15, 0.2) is 24.3 Å². The highest BCUT2D eigenvalue weighted by atomic mass is 79.9. The Hall–Kier alpha value is -0.0400. The van der Waals surface area contributed by atoms with Gasteiger partial charge < -0.3 is 0 Å². The second kappa shape index (κ2) is 21.0. The molecule has 0 aromatic rings. The van der Waals surface area contributed by atoms with Gasteiger partial charge in [-0.2, -0.15) is 0 Å². The second-order valence-electron chi connectivity index (χ2n) is 6.37. The van der Waals surface area contributed by atoms with Gasteiger partial charge in [0.25, 0.3) is 0 Å². The van der Waals surface area contributed by atoms with Crippen molar-refractivity contribution in [3.63, 3.8) is 0 Å². The van der Waals surface area contributed by atoms with Gasteiger partial charge in [0, 0.05) is 5.33 Å². The molecule has 130 valence electrons. The van der Waals surface area contributed by atoms with E-state index in [1.165, 1.54) is 102 Å². The molecule has 22 heavy (non-hydrogen) atoms. The van der Waals surface area contributed by atoms with Gasteiger partial charge in [-0.3, -0.25) is 0 Å². The fourth-order valence-corrected chi connectivity index (χ4v) is 3.02. The average molecular weight is 371 g/mol. The van der Waals surface area contributed by atoms with Crippen LogP contribution in [0.5, 0.6) is 0 Å². The topological polar surface area (TPSA) is 0 Å². The first-order valence-electron chi connectivity index (χ1n) is 9.79. The van der Waals surface area contributed by atoms with Crippen molar-refractivity contribution in [1.29, 1.82) is 0 Å². The molecule has 0 saturated heterocycles. The van der Waals surface area contributed by atoms with Gasteiger partial charge in [-0.15, -0.1) is 0 Å². The van der Waals surface area contributed by atoms with E-state index in [0.717, 1.165) is 0 Å². The zero-order chi connectivity index (χ0) is 16.1. The summed E-state index contributed by atoms with van der Waals surface area (Å²) in [5.74, 6) is 0. The Kier molecular flexibility index (Phi) is 20.9. The van der Waals surface area contributed by atoms with Crippen LogP contribution in [-0.4, -0.2) is 5.33 Å². The fourth-order valence-electron chi connectivity index (χ4n) is 2.62. The molecule has 0 aliphatic carbocycles. The van der Waals surface area contributed by atoms with Crippen LogP contribution in [0.3, 0.4) is 0 Å². The van der Waals surface area contributed by atoms with E-state index in [4.69, 9.17) is 0 Å². The lowest BCUT2D eigenvalue weighted by Crippen LogP contribution is -1.82. The van der Waals surface area contributed by atoms with Crippen LogP contribution < -0.4 is 0 Å². The molecule has 0 bridgehead atoms. The van der Waals surface area contributed by atoms with Crippen molar-refractivity contribution in [3.05, 3.63) is 24.3 Å². The first-order valence-corrected chi connectivity index (χ1v) is 10.9. The lowest BCUT2D eigenvalue weighted by Gasteiger charge is -2.02. The van der Waals surface area contributed by atoms with Crippen molar-refractivity contribution in [1.82, 2.24) is 0 Å². The van der Waals surface area contributed by atoms with Crippen LogP contribution in [0, 0.1) is 0 Å². The molecule has 0 aromatic heterocycles. The summed E-state index contributed by atoms with van der Waals surface area (Å²) in [6.45, 7) is 2.25. The summed E-state index contributed by atoms with van der Waals surface area (Å²) in [6, 6.07) is 0. The van der Waals surface area contributed by atoms with Crippen LogP contribution in [-0.2, 0) is 0 Å². The van der Waals surface area contributed by atoms with Crippen molar-refractivity contribution in [2.24, 2.45) is 0 Å². The lowest BCUT2D eigenvalue weighted by molar-refractivity contribution is 0.551. The predicted octanol–water partition coefficient (Wildman–Crippen LogP) is 8.37. The van der Waals surface area contributed by atoms with E-state index in [9.17, 15) is 0 Å². The largest absolute Gasteiger partial charge is 0.0928 e. The van der Waals surface area contributed by atoms with Gasteiger partial charge in [0.1, 0.15) is 0 Å². The molecule has 0 aliphatic heterocycles. The number of alkyl halides is 1. The summed E-state index contributed by atoms with van der Waals surface area (Å²) in [4.78, 5) is 0. The molecule has 0 saturated carbocycles. The Labute approximate surface area is 149 Å². The number of unbranched alkanes of at least 4 members (excludes halogenated alkanes) is 13. The molecular weight excluding hydrogens is 332 g/mol. The quantitative estimate of drug-likeness (QED) is 0.137. The maximum absolute atomic E-state index is 3.49. The fraction of sp³-hybridized carbons (Fsp3) is 0.810. The lowest BCUT2D eigenvalue weighted by atomic mass is 10.1. The van der Waals surface area contributed by atoms with Gasteiger partial charge in [0.15, 0.2) is 0 Å². The molecule has 0 rings (SSSR count). The molecule has 1 heteroatoms. The van der Waals surface area contributed by atoms with Crippen molar-refractivity contribution in [2.75, 3.05) is 5.33 Å². The first-order chi connectivity index (χ1) is 10.9. The monoisotopic (exact) mass is 370 g/mol. The highest BCUT2D eigenvalue weighted by molar-refractivity contribution is 9.09. The molecule has 0 fully saturated rings. The molecule has 0 radical (unpaired) electrons. The number of allylic oxidation sites excluding steroid dienone is 4. The Morgan fingerprint density at radius 3 is 1.41 bits per heavy atom. The molecule has 0 heterocycles. The Bertz CT molecular complexity index is 242. The van der Waals surface area contributed by atoms with E-state index in [-0.39, 0.29) is 0 Å². The van der Waals surface area contributed by atoms with Crippen molar-refractivity contribution in [2.45, 2.75) is 103 Å². The minimum atomic E-state index is 1.18. The molecule has 0 nitrogen and oxygen atoms in total. The Morgan fingerprint density at radius 1 is 0.545 bits per heavy atom. The van der Waals surface area contributed by atoms with Crippen molar-refractivity contribution >= 4 is 15.9 Å². The van der Waals surface area contributed by atoms with Crippen LogP contribution >= 0.6 is 15.9 Å². The normalized spacial score (nSPS) is 11.9. The summed E-state index contributed by atoms with van der Waals surface area (Å²) in [6.07, 6.45) is 29.8. The van der Waals surface area contributed by atoms with Gasteiger partial charge in [-0.25, -0.2) is 0 Å². The standard InChI is InChI=1S/C21H39Br/c1-2-3-4-5-6-7-8-9-10-11-12-13-14-15-16-17-18-19-20-21-22/h5-8H,2-4,9-21H2,1H3/b6-5-,8-7+. The van der Waals surface area contributed by atoms with Crippen molar-refractivity contribution in [3.8, 4) is 0 Å². The molecule has 0 amide bonds. The van der Waals surface area contributed by atoms with E-state index in [0.29, 0.717) is 0 Å². The number of hydrogen-bond donors (Lipinski definition) is 0. The molecule has 0 N–H and O–H groups in total. The molecule has 0 atom stereocenters. The zero-order valence-electron chi connectivity index (χ0n) is 15.0. The van der Waals surface area contributed by atoms with Crippen LogP contribution in [0.1, 0.15) is 103 Å². The summed E-state index contributed by atoms with van der Waals surface area (Å²) < 4.78 is 0. The van der Waals surface area contributed by atoms with Crippen LogP contribution in [0.4, 0.5) is 0 Å². The summed E-state index contributed by atoms with van der Waals surface area (Å²) >= 11 is 3.49. The second-order valence-corrected chi connectivity index (χ2v) is 7.16. The number of hydrogen-bond acceptors (Lipinski definition) is 0. The third-order valence-electron chi connectivity index (χ3n) is 4.11. The zero-order valence-corrected chi connectivity index (χ0v) is 16.6. The smallest absolute Gasteiger partial charge is 0.00313 e. The molecule has 0 unspecified atom stereocenters.